The Labute approximate surface area is 136 Å². The van der Waals surface area contributed by atoms with E-state index in [0.717, 1.165) is 0 Å². The molecule has 1 aromatic carbocycles. The van der Waals surface area contributed by atoms with Crippen LogP contribution in [0.5, 0.6) is 0 Å². The van der Waals surface area contributed by atoms with Crippen molar-refractivity contribution in [1.82, 2.24) is 14.1 Å². The summed E-state index contributed by atoms with van der Waals surface area (Å²) in [7, 11) is 0.0469. The van der Waals surface area contributed by atoms with Gasteiger partial charge in [0, 0.05) is 26.2 Å². The molecule has 1 aliphatic rings. The van der Waals surface area contributed by atoms with Crippen LogP contribution in [0.2, 0.25) is 5.02 Å². The standard InChI is InChI=1S/C14H20ClN3O3S/c1-16(2)11-14(19)17-7-9-18(10-8-17)22(20,21)13-6-4-3-5-12(13)15/h3-6H,7-11H2,1-2H3. The number of amides is 1. The second-order valence-electron chi connectivity index (χ2n) is 5.45. The molecule has 2 rings (SSSR count). The predicted octanol–water partition coefficient (Wildman–Crippen LogP) is 0.735. The molecule has 0 saturated carbocycles. The predicted molar refractivity (Wildman–Crippen MR) is 85.3 cm³/mol. The first-order valence-electron chi connectivity index (χ1n) is 6.99. The Morgan fingerprint density at radius 2 is 1.77 bits per heavy atom. The van der Waals surface area contributed by atoms with Crippen molar-refractivity contribution in [1.29, 1.82) is 0 Å². The van der Waals surface area contributed by atoms with Gasteiger partial charge < -0.3 is 9.80 Å². The normalized spacial score (nSPS) is 17.0. The van der Waals surface area contributed by atoms with Gasteiger partial charge >= 0.3 is 0 Å². The molecule has 1 heterocycles. The molecule has 0 atom stereocenters. The maximum Gasteiger partial charge on any atom is 0.244 e. The summed E-state index contributed by atoms with van der Waals surface area (Å²) in [5.74, 6) is 0.0137. The summed E-state index contributed by atoms with van der Waals surface area (Å²) >= 11 is 5.99. The van der Waals surface area contributed by atoms with Crippen molar-refractivity contribution in [3.63, 3.8) is 0 Å². The minimum atomic E-state index is -3.61. The molecule has 122 valence electrons. The summed E-state index contributed by atoms with van der Waals surface area (Å²) in [6, 6.07) is 6.40. The van der Waals surface area contributed by atoms with Gasteiger partial charge in [-0.3, -0.25) is 4.79 Å². The first kappa shape index (κ1) is 17.2. The van der Waals surface area contributed by atoms with Crippen molar-refractivity contribution in [2.45, 2.75) is 4.90 Å². The number of likely N-dealkylation sites (N-methyl/N-ethyl adjacent to an activating group) is 1. The van der Waals surface area contributed by atoms with E-state index in [-0.39, 0.29) is 28.9 Å². The minimum Gasteiger partial charge on any atom is -0.339 e. The lowest BCUT2D eigenvalue weighted by atomic mass is 10.3. The van der Waals surface area contributed by atoms with Crippen molar-refractivity contribution in [2.75, 3.05) is 46.8 Å². The highest BCUT2D eigenvalue weighted by Gasteiger charge is 2.31. The van der Waals surface area contributed by atoms with Crippen LogP contribution in [-0.2, 0) is 14.8 Å². The molecule has 1 aliphatic heterocycles. The van der Waals surface area contributed by atoms with Gasteiger partial charge in [0.2, 0.25) is 15.9 Å². The third-order valence-electron chi connectivity index (χ3n) is 3.50. The molecule has 0 unspecified atom stereocenters. The van der Waals surface area contributed by atoms with Gasteiger partial charge in [-0.15, -0.1) is 0 Å². The van der Waals surface area contributed by atoms with Gasteiger partial charge in [-0.25, -0.2) is 8.42 Å². The summed E-state index contributed by atoms with van der Waals surface area (Å²) in [4.78, 5) is 15.6. The van der Waals surface area contributed by atoms with E-state index in [1.165, 1.54) is 10.4 Å². The zero-order valence-electron chi connectivity index (χ0n) is 12.7. The Hall–Kier alpha value is -1.15. The highest BCUT2D eigenvalue weighted by atomic mass is 35.5. The second-order valence-corrected chi connectivity index (χ2v) is 7.77. The van der Waals surface area contributed by atoms with Crippen LogP contribution in [0.3, 0.4) is 0 Å². The first-order valence-corrected chi connectivity index (χ1v) is 8.81. The fourth-order valence-corrected chi connectivity index (χ4v) is 4.26. The van der Waals surface area contributed by atoms with Gasteiger partial charge in [-0.2, -0.15) is 4.31 Å². The first-order chi connectivity index (χ1) is 10.3. The van der Waals surface area contributed by atoms with Gasteiger partial charge in [-0.1, -0.05) is 23.7 Å². The number of nitrogens with zero attached hydrogens (tertiary/aromatic N) is 3. The maximum absolute atomic E-state index is 12.6. The van der Waals surface area contributed by atoms with E-state index < -0.39 is 10.0 Å². The number of piperazine rings is 1. The molecule has 1 saturated heterocycles. The van der Waals surface area contributed by atoms with E-state index in [1.54, 1.807) is 28.0 Å². The minimum absolute atomic E-state index is 0.0137. The number of halogens is 1. The van der Waals surface area contributed by atoms with E-state index in [2.05, 4.69) is 0 Å². The number of hydrogen-bond donors (Lipinski definition) is 0. The van der Waals surface area contributed by atoms with Gasteiger partial charge in [0.1, 0.15) is 4.90 Å². The summed E-state index contributed by atoms with van der Waals surface area (Å²) in [6.07, 6.45) is 0. The SMILES string of the molecule is CN(C)CC(=O)N1CCN(S(=O)(=O)c2ccccc2Cl)CC1. The molecule has 8 heteroatoms. The Kier molecular flexibility index (Phi) is 5.44. The average Bonchev–Trinajstić information content (AvgIpc) is 2.47. The number of sulfonamides is 1. The molecule has 22 heavy (non-hydrogen) atoms. The summed E-state index contributed by atoms with van der Waals surface area (Å²) < 4.78 is 26.6. The van der Waals surface area contributed by atoms with Crippen LogP contribution in [0.15, 0.2) is 29.2 Å². The molecular weight excluding hydrogens is 326 g/mol. The van der Waals surface area contributed by atoms with Crippen molar-refractivity contribution in [2.24, 2.45) is 0 Å². The average molecular weight is 346 g/mol. The quantitative estimate of drug-likeness (QED) is 0.807. The van der Waals surface area contributed by atoms with Crippen molar-refractivity contribution >= 4 is 27.5 Å². The number of hydrogen-bond acceptors (Lipinski definition) is 4. The molecule has 1 aromatic rings. The van der Waals surface area contributed by atoms with Crippen LogP contribution in [0.25, 0.3) is 0 Å². The van der Waals surface area contributed by atoms with Crippen LogP contribution >= 0.6 is 11.6 Å². The Morgan fingerprint density at radius 3 is 2.32 bits per heavy atom. The fourth-order valence-electron chi connectivity index (χ4n) is 2.34. The lowest BCUT2D eigenvalue weighted by Gasteiger charge is -2.34. The van der Waals surface area contributed by atoms with E-state index >= 15 is 0 Å². The van der Waals surface area contributed by atoms with Crippen LogP contribution in [0, 0.1) is 0 Å². The van der Waals surface area contributed by atoms with Crippen molar-refractivity contribution in [3.05, 3.63) is 29.3 Å². The lowest BCUT2D eigenvalue weighted by molar-refractivity contribution is -0.133. The molecule has 0 bridgehead atoms. The zero-order valence-corrected chi connectivity index (χ0v) is 14.3. The van der Waals surface area contributed by atoms with Gasteiger partial charge in [0.05, 0.1) is 11.6 Å². The number of carbonyl (C=O) groups excluding carboxylic acids is 1. The molecule has 0 radical (unpaired) electrons. The van der Waals surface area contributed by atoms with Crippen LogP contribution < -0.4 is 0 Å². The highest BCUT2D eigenvalue weighted by molar-refractivity contribution is 7.89. The molecule has 0 aliphatic carbocycles. The van der Waals surface area contributed by atoms with Crippen molar-refractivity contribution in [3.8, 4) is 0 Å². The highest BCUT2D eigenvalue weighted by Crippen LogP contribution is 2.24. The van der Waals surface area contributed by atoms with Gasteiger partial charge in [0.15, 0.2) is 0 Å². The monoisotopic (exact) mass is 345 g/mol. The molecule has 0 aromatic heterocycles. The van der Waals surface area contributed by atoms with E-state index in [4.69, 9.17) is 11.6 Å². The van der Waals surface area contributed by atoms with Gasteiger partial charge in [-0.05, 0) is 26.2 Å². The molecule has 0 spiro atoms. The fraction of sp³-hybridized carbons (Fsp3) is 0.500. The Balaban J connectivity index is 2.05. The number of rotatable bonds is 4. The van der Waals surface area contributed by atoms with E-state index in [9.17, 15) is 13.2 Å². The largest absolute Gasteiger partial charge is 0.339 e. The summed E-state index contributed by atoms with van der Waals surface area (Å²) in [5.41, 5.74) is 0. The van der Waals surface area contributed by atoms with Gasteiger partial charge in [0.25, 0.3) is 0 Å². The van der Waals surface area contributed by atoms with Crippen LogP contribution in [0.1, 0.15) is 0 Å². The molecular formula is C14H20ClN3O3S. The second kappa shape index (κ2) is 6.95. The van der Waals surface area contributed by atoms with Crippen LogP contribution in [-0.4, -0.2) is 75.2 Å². The third-order valence-corrected chi connectivity index (χ3v) is 5.90. The Bertz CT molecular complexity index is 640. The smallest absolute Gasteiger partial charge is 0.244 e. The van der Waals surface area contributed by atoms with Crippen LogP contribution in [0.4, 0.5) is 0 Å². The topological polar surface area (TPSA) is 60.9 Å². The molecule has 0 N–H and O–H groups in total. The van der Waals surface area contributed by atoms with E-state index in [0.29, 0.717) is 19.6 Å². The lowest BCUT2D eigenvalue weighted by Crippen LogP contribution is -2.52. The number of benzene rings is 1. The Morgan fingerprint density at radius 1 is 1.18 bits per heavy atom. The summed E-state index contributed by atoms with van der Waals surface area (Å²) in [5, 5.41) is 0.216. The molecule has 1 amide bonds. The maximum atomic E-state index is 12.6. The summed E-state index contributed by atoms with van der Waals surface area (Å²) in [6.45, 7) is 1.70. The molecule has 6 nitrogen and oxygen atoms in total. The number of carbonyl (C=O) groups is 1. The van der Waals surface area contributed by atoms with Crippen molar-refractivity contribution < 1.29 is 13.2 Å². The molecule has 1 fully saturated rings. The third kappa shape index (κ3) is 3.78. The van der Waals surface area contributed by atoms with E-state index in [1.807, 2.05) is 14.1 Å². The zero-order chi connectivity index (χ0) is 16.3.